The van der Waals surface area contributed by atoms with Crippen molar-refractivity contribution in [3.8, 4) is 0 Å². The van der Waals surface area contributed by atoms with Crippen LogP contribution in [-0.2, 0) is 15.8 Å². The van der Waals surface area contributed by atoms with Gasteiger partial charge in [-0.25, -0.2) is 13.1 Å². The van der Waals surface area contributed by atoms with Crippen molar-refractivity contribution in [3.63, 3.8) is 0 Å². The second kappa shape index (κ2) is 8.60. The Balaban J connectivity index is 1.83. The molecule has 0 spiro atoms. The van der Waals surface area contributed by atoms with Crippen LogP contribution < -0.4 is 4.72 Å². The van der Waals surface area contributed by atoms with Crippen molar-refractivity contribution >= 4 is 56.6 Å². The lowest BCUT2D eigenvalue weighted by molar-refractivity contribution is 0.584. The van der Waals surface area contributed by atoms with E-state index in [4.69, 9.17) is 34.8 Å². The van der Waals surface area contributed by atoms with Crippen LogP contribution in [-0.4, -0.2) is 20.7 Å². The van der Waals surface area contributed by atoms with Crippen LogP contribution in [0.5, 0.6) is 0 Å². The maximum Gasteiger partial charge on any atom is 0.242 e. The molecule has 124 valence electrons. The molecule has 0 fully saturated rings. The summed E-state index contributed by atoms with van der Waals surface area (Å²) in [7, 11) is -3.66. The quantitative estimate of drug-likeness (QED) is 0.663. The van der Waals surface area contributed by atoms with Crippen molar-refractivity contribution < 1.29 is 8.42 Å². The Hall–Kier alpha value is -0.430. The Kier molecular flexibility index (Phi) is 7.07. The minimum Gasteiger partial charge on any atom is -0.210 e. The Labute approximate surface area is 155 Å². The zero-order valence-corrected chi connectivity index (χ0v) is 15.8. The van der Waals surface area contributed by atoms with Gasteiger partial charge in [0.25, 0.3) is 0 Å². The van der Waals surface area contributed by atoms with E-state index in [0.717, 1.165) is 11.3 Å². The molecule has 0 radical (unpaired) electrons. The fraction of sp³-hybridized carbons (Fsp3) is 0.200. The molecule has 0 atom stereocenters. The van der Waals surface area contributed by atoms with Crippen molar-refractivity contribution in [1.82, 2.24) is 4.72 Å². The van der Waals surface area contributed by atoms with Crippen molar-refractivity contribution in [2.45, 2.75) is 10.6 Å². The maximum atomic E-state index is 12.2. The number of thioether (sulfide) groups is 1. The van der Waals surface area contributed by atoms with Gasteiger partial charge in [-0.3, -0.25) is 0 Å². The monoisotopic (exact) mass is 409 g/mol. The molecule has 0 aromatic heterocycles. The molecule has 2 aromatic carbocycles. The molecular formula is C15H14Cl3NO2S2. The summed E-state index contributed by atoms with van der Waals surface area (Å²) in [6.45, 7) is 0.309. The van der Waals surface area contributed by atoms with Gasteiger partial charge < -0.3 is 0 Å². The summed E-state index contributed by atoms with van der Waals surface area (Å²) < 4.78 is 26.9. The van der Waals surface area contributed by atoms with Crippen LogP contribution in [0.2, 0.25) is 15.1 Å². The average Bonchev–Trinajstić information content (AvgIpc) is 2.51. The number of hydrogen-bond acceptors (Lipinski definition) is 3. The molecule has 1 N–H and O–H groups in total. The molecule has 2 aromatic rings. The first-order valence-corrected chi connectivity index (χ1v) is 10.4. The van der Waals surface area contributed by atoms with E-state index in [-0.39, 0.29) is 9.92 Å². The summed E-state index contributed by atoms with van der Waals surface area (Å²) in [5, 5.41) is 1.17. The topological polar surface area (TPSA) is 46.2 Å². The third kappa shape index (κ3) is 5.85. The summed E-state index contributed by atoms with van der Waals surface area (Å²) in [4.78, 5) is -0.00521. The fourth-order valence-electron chi connectivity index (χ4n) is 1.78. The summed E-state index contributed by atoms with van der Waals surface area (Å²) in [5.74, 6) is 1.43. The molecule has 0 heterocycles. The van der Waals surface area contributed by atoms with Gasteiger partial charge in [0.1, 0.15) is 4.90 Å². The SMILES string of the molecule is O=S(=O)(NCCSCc1ccc(Cl)cc1)c1cc(Cl)ccc1Cl. The number of benzene rings is 2. The molecule has 0 unspecified atom stereocenters. The smallest absolute Gasteiger partial charge is 0.210 e. The molecule has 2 rings (SSSR count). The highest BCUT2D eigenvalue weighted by Crippen LogP contribution is 2.24. The van der Waals surface area contributed by atoms with Crippen LogP contribution >= 0.6 is 46.6 Å². The third-order valence-corrected chi connectivity index (χ3v) is 6.36. The molecule has 8 heteroatoms. The summed E-state index contributed by atoms with van der Waals surface area (Å²) >= 11 is 19.2. The Morgan fingerprint density at radius 1 is 0.957 bits per heavy atom. The van der Waals surface area contributed by atoms with Crippen molar-refractivity contribution in [2.24, 2.45) is 0 Å². The number of sulfonamides is 1. The minimum atomic E-state index is -3.66. The molecule has 0 aliphatic carbocycles. The summed E-state index contributed by atoms with van der Waals surface area (Å²) in [6.07, 6.45) is 0. The Morgan fingerprint density at radius 2 is 1.61 bits per heavy atom. The van der Waals surface area contributed by atoms with E-state index in [0.29, 0.717) is 22.3 Å². The number of nitrogens with one attached hydrogen (secondary N) is 1. The highest BCUT2D eigenvalue weighted by molar-refractivity contribution is 7.98. The van der Waals surface area contributed by atoms with Crippen LogP contribution in [0.1, 0.15) is 5.56 Å². The molecule has 0 saturated heterocycles. The lowest BCUT2D eigenvalue weighted by atomic mass is 10.2. The van der Waals surface area contributed by atoms with Gasteiger partial charge in [-0.1, -0.05) is 46.9 Å². The number of hydrogen-bond donors (Lipinski definition) is 1. The van der Waals surface area contributed by atoms with Gasteiger partial charge in [-0.2, -0.15) is 11.8 Å². The van der Waals surface area contributed by atoms with Gasteiger partial charge in [0.05, 0.1) is 5.02 Å². The molecule has 3 nitrogen and oxygen atoms in total. The zero-order valence-electron chi connectivity index (χ0n) is 11.9. The van der Waals surface area contributed by atoms with Crippen LogP contribution in [0.3, 0.4) is 0 Å². The first kappa shape index (κ1) is 18.9. The normalized spacial score (nSPS) is 11.6. The van der Waals surface area contributed by atoms with E-state index in [1.807, 2.05) is 24.3 Å². The van der Waals surface area contributed by atoms with Gasteiger partial charge in [-0.05, 0) is 35.9 Å². The maximum absolute atomic E-state index is 12.2. The predicted molar refractivity (Wildman–Crippen MR) is 99.3 cm³/mol. The lowest BCUT2D eigenvalue weighted by Gasteiger charge is -2.08. The first-order valence-electron chi connectivity index (χ1n) is 6.65. The van der Waals surface area contributed by atoms with Crippen LogP contribution in [0.15, 0.2) is 47.4 Å². The van der Waals surface area contributed by atoms with E-state index >= 15 is 0 Å². The van der Waals surface area contributed by atoms with Gasteiger partial charge >= 0.3 is 0 Å². The minimum absolute atomic E-state index is 0.00521. The number of rotatable bonds is 7. The van der Waals surface area contributed by atoms with Gasteiger partial charge in [0, 0.05) is 28.1 Å². The molecular weight excluding hydrogens is 397 g/mol. The highest BCUT2D eigenvalue weighted by Gasteiger charge is 2.17. The summed E-state index contributed by atoms with van der Waals surface area (Å²) in [6, 6.07) is 11.9. The van der Waals surface area contributed by atoms with Gasteiger partial charge in [0.2, 0.25) is 10.0 Å². The van der Waals surface area contributed by atoms with E-state index in [2.05, 4.69) is 4.72 Å². The predicted octanol–water partition coefficient (Wildman–Crippen LogP) is 4.86. The largest absolute Gasteiger partial charge is 0.242 e. The van der Waals surface area contributed by atoms with Crippen molar-refractivity contribution in [2.75, 3.05) is 12.3 Å². The van der Waals surface area contributed by atoms with E-state index in [1.54, 1.807) is 17.8 Å². The van der Waals surface area contributed by atoms with Gasteiger partial charge in [0.15, 0.2) is 0 Å². The molecule has 0 aliphatic heterocycles. The Morgan fingerprint density at radius 3 is 2.30 bits per heavy atom. The molecule has 0 aliphatic rings. The third-order valence-electron chi connectivity index (χ3n) is 2.90. The van der Waals surface area contributed by atoms with Crippen LogP contribution in [0, 0.1) is 0 Å². The van der Waals surface area contributed by atoms with Crippen molar-refractivity contribution in [1.29, 1.82) is 0 Å². The standard InChI is InChI=1S/C15H14Cl3NO2S2/c16-12-3-1-11(2-4-12)10-22-8-7-19-23(20,21)15-9-13(17)5-6-14(15)18/h1-6,9,19H,7-8,10H2. The van der Waals surface area contributed by atoms with Crippen molar-refractivity contribution in [3.05, 3.63) is 63.1 Å². The molecule has 0 saturated carbocycles. The number of halogens is 3. The molecule has 23 heavy (non-hydrogen) atoms. The highest BCUT2D eigenvalue weighted by atomic mass is 35.5. The Bertz CT molecular complexity index is 765. The molecule has 0 amide bonds. The second-order valence-corrected chi connectivity index (χ2v) is 8.77. The van der Waals surface area contributed by atoms with Gasteiger partial charge in [-0.15, -0.1) is 0 Å². The molecule has 0 bridgehead atoms. The van der Waals surface area contributed by atoms with Crippen LogP contribution in [0.4, 0.5) is 0 Å². The van der Waals surface area contributed by atoms with E-state index < -0.39 is 10.0 Å². The first-order chi connectivity index (χ1) is 10.9. The fourth-order valence-corrected chi connectivity index (χ4v) is 4.65. The van der Waals surface area contributed by atoms with E-state index in [1.165, 1.54) is 12.1 Å². The lowest BCUT2D eigenvalue weighted by Crippen LogP contribution is -2.26. The average molecular weight is 411 g/mol. The zero-order chi connectivity index (χ0) is 16.9. The second-order valence-electron chi connectivity index (χ2n) is 4.65. The van der Waals surface area contributed by atoms with E-state index in [9.17, 15) is 8.42 Å². The summed E-state index contributed by atoms with van der Waals surface area (Å²) in [5.41, 5.74) is 1.14. The van der Waals surface area contributed by atoms with Crippen LogP contribution in [0.25, 0.3) is 0 Å².